The van der Waals surface area contributed by atoms with Crippen molar-refractivity contribution in [3.05, 3.63) is 16.9 Å². The van der Waals surface area contributed by atoms with Crippen molar-refractivity contribution >= 4 is 17.5 Å². The molecule has 0 aromatic carbocycles. The van der Waals surface area contributed by atoms with Gasteiger partial charge >= 0.3 is 0 Å². The molecule has 1 amide bonds. The SMILES string of the molecule is Cc1nn([C@H](C)C(=O)NCC23CC4CC(CC(C4)C2)C3)cc1Cl. The molecule has 1 N–H and O–H groups in total. The molecule has 4 bridgehead atoms. The number of nitrogens with zero attached hydrogens (tertiary/aromatic N) is 2. The van der Waals surface area contributed by atoms with Gasteiger partial charge in [0.1, 0.15) is 6.04 Å². The van der Waals surface area contributed by atoms with E-state index in [1.165, 1.54) is 38.5 Å². The van der Waals surface area contributed by atoms with Gasteiger partial charge in [0.15, 0.2) is 0 Å². The van der Waals surface area contributed by atoms with Gasteiger partial charge in [0.25, 0.3) is 0 Å². The molecule has 0 unspecified atom stereocenters. The van der Waals surface area contributed by atoms with Gasteiger partial charge < -0.3 is 5.32 Å². The predicted molar refractivity (Wildman–Crippen MR) is 90.3 cm³/mol. The number of aromatic nitrogens is 2. The Labute approximate surface area is 143 Å². The van der Waals surface area contributed by atoms with Gasteiger partial charge in [0, 0.05) is 12.7 Å². The van der Waals surface area contributed by atoms with E-state index in [9.17, 15) is 4.79 Å². The third kappa shape index (κ3) is 2.79. The second kappa shape index (κ2) is 5.51. The highest BCUT2D eigenvalue weighted by Crippen LogP contribution is 2.59. The standard InChI is InChI=1S/C18H26ClN3O/c1-11-16(19)9-22(21-11)12(2)17(23)20-10-18-6-13-3-14(7-18)5-15(4-13)8-18/h9,12-15H,3-8,10H2,1-2H3,(H,20,23)/t12-,13?,14?,15?,18?/m1/s1. The molecule has 0 saturated heterocycles. The topological polar surface area (TPSA) is 46.9 Å². The molecule has 0 radical (unpaired) electrons. The van der Waals surface area contributed by atoms with Crippen molar-refractivity contribution in [1.82, 2.24) is 15.1 Å². The smallest absolute Gasteiger partial charge is 0.244 e. The number of nitrogens with one attached hydrogen (secondary N) is 1. The molecule has 5 rings (SSSR count). The highest BCUT2D eigenvalue weighted by Gasteiger charge is 2.50. The Kier molecular flexibility index (Phi) is 3.71. The third-order valence-corrected chi connectivity index (χ3v) is 6.81. The Bertz CT molecular complexity index is 569. The van der Waals surface area contributed by atoms with Gasteiger partial charge in [-0.1, -0.05) is 11.6 Å². The number of hydrogen-bond acceptors (Lipinski definition) is 2. The molecule has 4 aliphatic carbocycles. The van der Waals surface area contributed by atoms with Crippen molar-refractivity contribution in [2.45, 2.75) is 58.4 Å². The largest absolute Gasteiger partial charge is 0.354 e. The van der Waals surface area contributed by atoms with Gasteiger partial charge in [-0.3, -0.25) is 9.48 Å². The van der Waals surface area contributed by atoms with Crippen LogP contribution in [-0.2, 0) is 4.79 Å². The average Bonchev–Trinajstić information content (AvgIpc) is 2.82. The van der Waals surface area contributed by atoms with E-state index in [0.717, 1.165) is 30.0 Å². The Balaban J connectivity index is 1.40. The van der Waals surface area contributed by atoms with Crippen LogP contribution in [0.15, 0.2) is 6.20 Å². The Morgan fingerprint density at radius 1 is 1.35 bits per heavy atom. The normalized spacial score (nSPS) is 36.2. The number of rotatable bonds is 4. The molecule has 4 fully saturated rings. The first kappa shape index (κ1) is 15.5. The van der Waals surface area contributed by atoms with Crippen molar-refractivity contribution in [1.29, 1.82) is 0 Å². The lowest BCUT2D eigenvalue weighted by Gasteiger charge is -2.57. The van der Waals surface area contributed by atoms with Crippen molar-refractivity contribution < 1.29 is 4.79 Å². The first-order valence-electron chi connectivity index (χ1n) is 8.93. The monoisotopic (exact) mass is 335 g/mol. The number of amides is 1. The molecule has 126 valence electrons. The quantitative estimate of drug-likeness (QED) is 0.911. The van der Waals surface area contributed by atoms with Gasteiger partial charge in [0.2, 0.25) is 5.91 Å². The lowest BCUT2D eigenvalue weighted by molar-refractivity contribution is -0.126. The van der Waals surface area contributed by atoms with Crippen LogP contribution in [0.5, 0.6) is 0 Å². The van der Waals surface area contributed by atoms with Gasteiger partial charge in [-0.2, -0.15) is 5.10 Å². The summed E-state index contributed by atoms with van der Waals surface area (Å²) in [5, 5.41) is 8.17. The molecule has 1 atom stereocenters. The number of aryl methyl sites for hydroxylation is 1. The van der Waals surface area contributed by atoms with E-state index in [2.05, 4.69) is 10.4 Å². The minimum Gasteiger partial charge on any atom is -0.354 e. The van der Waals surface area contributed by atoms with Crippen LogP contribution in [0.25, 0.3) is 0 Å². The maximum absolute atomic E-state index is 12.5. The molecule has 4 saturated carbocycles. The third-order valence-electron chi connectivity index (χ3n) is 6.44. The van der Waals surface area contributed by atoms with Crippen LogP contribution < -0.4 is 5.32 Å². The minimum atomic E-state index is -0.310. The van der Waals surface area contributed by atoms with Gasteiger partial charge in [-0.25, -0.2) is 0 Å². The van der Waals surface area contributed by atoms with E-state index in [1.54, 1.807) is 10.9 Å². The van der Waals surface area contributed by atoms with Crippen LogP contribution in [0, 0.1) is 30.1 Å². The van der Waals surface area contributed by atoms with Crippen molar-refractivity contribution in [3.63, 3.8) is 0 Å². The summed E-state index contributed by atoms with van der Waals surface area (Å²) in [6.07, 6.45) is 10.0. The van der Waals surface area contributed by atoms with E-state index < -0.39 is 0 Å². The highest BCUT2D eigenvalue weighted by molar-refractivity contribution is 6.31. The lowest BCUT2D eigenvalue weighted by Crippen LogP contribution is -2.51. The van der Waals surface area contributed by atoms with Crippen LogP contribution in [0.2, 0.25) is 5.02 Å². The van der Waals surface area contributed by atoms with Crippen LogP contribution in [0.3, 0.4) is 0 Å². The molecular formula is C18H26ClN3O. The number of carbonyl (C=O) groups is 1. The zero-order valence-electron chi connectivity index (χ0n) is 14.0. The Morgan fingerprint density at radius 2 is 1.91 bits per heavy atom. The molecule has 23 heavy (non-hydrogen) atoms. The molecule has 0 aliphatic heterocycles. The van der Waals surface area contributed by atoms with E-state index in [0.29, 0.717) is 10.4 Å². The van der Waals surface area contributed by atoms with Crippen molar-refractivity contribution in [3.8, 4) is 0 Å². The zero-order chi connectivity index (χ0) is 16.2. The van der Waals surface area contributed by atoms with E-state index in [-0.39, 0.29) is 11.9 Å². The van der Waals surface area contributed by atoms with Gasteiger partial charge in [0.05, 0.1) is 10.7 Å². The minimum absolute atomic E-state index is 0.0555. The lowest BCUT2D eigenvalue weighted by atomic mass is 9.49. The van der Waals surface area contributed by atoms with Crippen LogP contribution in [0.1, 0.15) is 57.2 Å². The number of carbonyl (C=O) groups excluding carboxylic acids is 1. The van der Waals surface area contributed by atoms with Crippen LogP contribution in [0.4, 0.5) is 0 Å². The summed E-state index contributed by atoms with van der Waals surface area (Å²) in [7, 11) is 0. The fourth-order valence-corrected chi connectivity index (χ4v) is 5.84. The van der Waals surface area contributed by atoms with E-state index in [1.807, 2.05) is 13.8 Å². The summed E-state index contributed by atoms with van der Waals surface area (Å²) in [6.45, 7) is 4.59. The van der Waals surface area contributed by atoms with Crippen molar-refractivity contribution in [2.24, 2.45) is 23.2 Å². The number of hydrogen-bond donors (Lipinski definition) is 1. The van der Waals surface area contributed by atoms with E-state index >= 15 is 0 Å². The summed E-state index contributed by atoms with van der Waals surface area (Å²) in [5.41, 5.74) is 1.15. The highest BCUT2D eigenvalue weighted by atomic mass is 35.5. The zero-order valence-corrected chi connectivity index (χ0v) is 14.8. The summed E-state index contributed by atoms with van der Waals surface area (Å²) in [5.74, 6) is 2.81. The molecule has 1 aromatic heterocycles. The fraction of sp³-hybridized carbons (Fsp3) is 0.778. The molecule has 4 aliphatic rings. The molecule has 5 heteroatoms. The van der Waals surface area contributed by atoms with E-state index in [4.69, 9.17) is 11.6 Å². The molecule has 4 nitrogen and oxygen atoms in total. The maximum atomic E-state index is 12.5. The second-order valence-corrected chi connectivity index (χ2v) is 8.76. The average molecular weight is 336 g/mol. The molecule has 1 aromatic rings. The fourth-order valence-electron chi connectivity index (χ4n) is 5.71. The summed E-state index contributed by atoms with van der Waals surface area (Å²) >= 11 is 6.05. The first-order chi connectivity index (χ1) is 10.9. The first-order valence-corrected chi connectivity index (χ1v) is 9.31. The second-order valence-electron chi connectivity index (χ2n) is 8.35. The maximum Gasteiger partial charge on any atom is 0.244 e. The molecule has 1 heterocycles. The molecule has 0 spiro atoms. The Hall–Kier alpha value is -1.03. The van der Waals surface area contributed by atoms with Gasteiger partial charge in [-0.05, 0) is 75.5 Å². The summed E-state index contributed by atoms with van der Waals surface area (Å²) < 4.78 is 1.67. The van der Waals surface area contributed by atoms with Gasteiger partial charge in [-0.15, -0.1) is 0 Å². The molecular weight excluding hydrogens is 310 g/mol. The summed E-state index contributed by atoms with van der Waals surface area (Å²) in [6, 6.07) is -0.310. The summed E-state index contributed by atoms with van der Waals surface area (Å²) in [4.78, 5) is 12.5. The number of halogens is 1. The van der Waals surface area contributed by atoms with Crippen LogP contribution >= 0.6 is 11.6 Å². The Morgan fingerprint density at radius 3 is 2.39 bits per heavy atom. The van der Waals surface area contributed by atoms with Crippen molar-refractivity contribution in [2.75, 3.05) is 6.54 Å². The predicted octanol–water partition coefficient (Wildman–Crippen LogP) is 3.74. The van der Waals surface area contributed by atoms with Crippen LogP contribution in [-0.4, -0.2) is 22.2 Å².